The Morgan fingerprint density at radius 1 is 1.38 bits per heavy atom. The van der Waals surface area contributed by atoms with Crippen molar-refractivity contribution >= 4 is 29.1 Å². The fraction of sp³-hybridized carbons (Fsp3) is 0.562. The highest BCUT2D eigenvalue weighted by molar-refractivity contribution is 6.42. The number of carbonyl (C=O) groups excluding carboxylic acids is 1. The number of hydrogen-bond acceptors (Lipinski definition) is 2. The molecule has 1 heterocycles. The summed E-state index contributed by atoms with van der Waals surface area (Å²) in [6.45, 7) is 4.51. The monoisotopic (exact) mass is 328 g/mol. The molecule has 116 valence electrons. The Morgan fingerprint density at radius 2 is 2.19 bits per heavy atom. The lowest BCUT2D eigenvalue weighted by Crippen LogP contribution is -2.45. The maximum atomic E-state index is 11.4. The van der Waals surface area contributed by atoms with E-state index >= 15 is 0 Å². The van der Waals surface area contributed by atoms with Crippen LogP contribution in [0.2, 0.25) is 10.0 Å². The van der Waals surface area contributed by atoms with Gasteiger partial charge in [0.05, 0.1) is 10.0 Å². The van der Waals surface area contributed by atoms with Crippen molar-refractivity contribution in [3.05, 3.63) is 33.8 Å². The van der Waals surface area contributed by atoms with Gasteiger partial charge in [-0.25, -0.2) is 0 Å². The molecule has 1 atom stereocenters. The van der Waals surface area contributed by atoms with Gasteiger partial charge in [-0.15, -0.1) is 0 Å². The molecule has 1 aliphatic heterocycles. The molecule has 2 rings (SSSR count). The van der Waals surface area contributed by atoms with E-state index in [1.54, 1.807) is 0 Å². The van der Waals surface area contributed by atoms with Crippen LogP contribution >= 0.6 is 23.2 Å². The van der Waals surface area contributed by atoms with E-state index in [1.165, 1.54) is 5.56 Å². The van der Waals surface area contributed by atoms with Gasteiger partial charge in [0.2, 0.25) is 5.91 Å². The van der Waals surface area contributed by atoms with Gasteiger partial charge in [0.25, 0.3) is 0 Å². The molecule has 1 amide bonds. The molecule has 5 heteroatoms. The van der Waals surface area contributed by atoms with Gasteiger partial charge in [-0.05, 0) is 43.5 Å². The first kappa shape index (κ1) is 16.6. The molecular weight excluding hydrogens is 307 g/mol. The summed E-state index contributed by atoms with van der Waals surface area (Å²) >= 11 is 12.2. The van der Waals surface area contributed by atoms with Crippen molar-refractivity contribution in [2.75, 3.05) is 19.6 Å². The standard InChI is InChI=1S/C16H22Cl2N2O/c1-2-15(21)20-9-7-16(6-3-8-19-11-16)12-4-5-13(17)14(18)10-12/h4-5,10,19H,2-3,6-9,11H2,1H3,(H,20,21). The van der Waals surface area contributed by atoms with Crippen LogP contribution in [-0.4, -0.2) is 25.5 Å². The van der Waals surface area contributed by atoms with Crippen molar-refractivity contribution in [2.45, 2.75) is 38.0 Å². The van der Waals surface area contributed by atoms with Gasteiger partial charge in [0, 0.05) is 24.9 Å². The highest BCUT2D eigenvalue weighted by atomic mass is 35.5. The topological polar surface area (TPSA) is 41.1 Å². The van der Waals surface area contributed by atoms with Crippen molar-refractivity contribution in [1.29, 1.82) is 0 Å². The normalized spacial score (nSPS) is 22.0. The quantitative estimate of drug-likeness (QED) is 0.868. The average Bonchev–Trinajstić information content (AvgIpc) is 2.50. The summed E-state index contributed by atoms with van der Waals surface area (Å²) in [5.74, 6) is 0.100. The summed E-state index contributed by atoms with van der Waals surface area (Å²) in [4.78, 5) is 11.4. The molecule has 1 aliphatic rings. The van der Waals surface area contributed by atoms with Crippen molar-refractivity contribution in [2.24, 2.45) is 0 Å². The fourth-order valence-electron chi connectivity index (χ4n) is 2.96. The van der Waals surface area contributed by atoms with Crippen LogP contribution in [0.1, 0.15) is 38.2 Å². The van der Waals surface area contributed by atoms with Crippen LogP contribution in [-0.2, 0) is 10.2 Å². The number of hydrogen-bond donors (Lipinski definition) is 2. The molecule has 0 aliphatic carbocycles. The van der Waals surface area contributed by atoms with E-state index in [9.17, 15) is 4.79 Å². The first-order chi connectivity index (χ1) is 10.1. The SMILES string of the molecule is CCC(=O)NCCC1(c2ccc(Cl)c(Cl)c2)CCCNC1. The lowest BCUT2D eigenvalue weighted by atomic mass is 9.72. The van der Waals surface area contributed by atoms with E-state index in [-0.39, 0.29) is 11.3 Å². The minimum Gasteiger partial charge on any atom is -0.356 e. The van der Waals surface area contributed by atoms with Gasteiger partial charge < -0.3 is 10.6 Å². The van der Waals surface area contributed by atoms with Crippen LogP contribution in [0, 0.1) is 0 Å². The lowest BCUT2D eigenvalue weighted by Gasteiger charge is -2.38. The lowest BCUT2D eigenvalue weighted by molar-refractivity contribution is -0.120. The molecule has 0 aromatic heterocycles. The molecule has 1 saturated heterocycles. The fourth-order valence-corrected chi connectivity index (χ4v) is 3.26. The number of rotatable bonds is 5. The third-order valence-electron chi connectivity index (χ3n) is 4.25. The molecule has 3 nitrogen and oxygen atoms in total. The average molecular weight is 329 g/mol. The van der Waals surface area contributed by atoms with E-state index in [1.807, 2.05) is 19.1 Å². The van der Waals surface area contributed by atoms with E-state index in [0.717, 1.165) is 32.4 Å². The van der Waals surface area contributed by atoms with Crippen molar-refractivity contribution in [3.63, 3.8) is 0 Å². The zero-order valence-electron chi connectivity index (χ0n) is 12.3. The zero-order chi connectivity index (χ0) is 15.3. The van der Waals surface area contributed by atoms with Crippen LogP contribution in [0.5, 0.6) is 0 Å². The molecule has 1 fully saturated rings. The largest absolute Gasteiger partial charge is 0.356 e. The Kier molecular flexibility index (Phi) is 5.91. The molecule has 1 aromatic rings. The molecule has 0 radical (unpaired) electrons. The van der Waals surface area contributed by atoms with Crippen molar-refractivity contribution < 1.29 is 4.79 Å². The number of benzene rings is 1. The van der Waals surface area contributed by atoms with E-state index in [2.05, 4.69) is 16.7 Å². The number of amides is 1. The van der Waals surface area contributed by atoms with Gasteiger partial charge in [-0.2, -0.15) is 0 Å². The maximum absolute atomic E-state index is 11.4. The number of halogens is 2. The van der Waals surface area contributed by atoms with Gasteiger partial charge >= 0.3 is 0 Å². The highest BCUT2D eigenvalue weighted by Gasteiger charge is 2.33. The maximum Gasteiger partial charge on any atom is 0.219 e. The van der Waals surface area contributed by atoms with Crippen molar-refractivity contribution in [3.8, 4) is 0 Å². The first-order valence-electron chi connectivity index (χ1n) is 7.50. The van der Waals surface area contributed by atoms with Gasteiger partial charge in [-0.1, -0.05) is 36.2 Å². The summed E-state index contributed by atoms with van der Waals surface area (Å²) in [7, 11) is 0. The van der Waals surface area contributed by atoms with E-state index < -0.39 is 0 Å². The minimum atomic E-state index is 0.0213. The van der Waals surface area contributed by atoms with Crippen molar-refractivity contribution in [1.82, 2.24) is 10.6 Å². The smallest absolute Gasteiger partial charge is 0.219 e. The third-order valence-corrected chi connectivity index (χ3v) is 4.99. The van der Waals surface area contributed by atoms with E-state index in [0.29, 0.717) is 23.0 Å². The summed E-state index contributed by atoms with van der Waals surface area (Å²) in [6, 6.07) is 5.89. The Labute approximate surface area is 136 Å². The molecule has 21 heavy (non-hydrogen) atoms. The van der Waals surface area contributed by atoms with Crippen LogP contribution in [0.4, 0.5) is 0 Å². The van der Waals surface area contributed by atoms with Crippen LogP contribution in [0.3, 0.4) is 0 Å². The van der Waals surface area contributed by atoms with Gasteiger partial charge in [0.15, 0.2) is 0 Å². The van der Waals surface area contributed by atoms with Crippen LogP contribution in [0.15, 0.2) is 18.2 Å². The molecule has 0 spiro atoms. The summed E-state index contributed by atoms with van der Waals surface area (Å²) in [5, 5.41) is 7.62. The van der Waals surface area contributed by atoms with E-state index in [4.69, 9.17) is 23.2 Å². The Bertz CT molecular complexity index is 499. The predicted molar refractivity (Wildman–Crippen MR) is 88.2 cm³/mol. The number of piperidine rings is 1. The molecule has 2 N–H and O–H groups in total. The second-order valence-corrected chi connectivity index (χ2v) is 6.46. The summed E-state index contributed by atoms with van der Waals surface area (Å²) in [6.07, 6.45) is 3.66. The highest BCUT2D eigenvalue weighted by Crippen LogP contribution is 2.37. The Hall–Kier alpha value is -0.770. The number of carbonyl (C=O) groups is 1. The predicted octanol–water partition coefficient (Wildman–Crippen LogP) is 3.53. The minimum absolute atomic E-state index is 0.0213. The van der Waals surface area contributed by atoms with Crippen LogP contribution in [0.25, 0.3) is 0 Å². The molecule has 0 bridgehead atoms. The van der Waals surface area contributed by atoms with Gasteiger partial charge in [0.1, 0.15) is 0 Å². The Morgan fingerprint density at radius 3 is 2.81 bits per heavy atom. The zero-order valence-corrected chi connectivity index (χ0v) is 13.9. The Balaban J connectivity index is 2.15. The summed E-state index contributed by atoms with van der Waals surface area (Å²) in [5.41, 5.74) is 1.22. The van der Waals surface area contributed by atoms with Crippen LogP contribution < -0.4 is 10.6 Å². The first-order valence-corrected chi connectivity index (χ1v) is 8.26. The summed E-state index contributed by atoms with van der Waals surface area (Å²) < 4.78 is 0. The second kappa shape index (κ2) is 7.48. The number of nitrogens with one attached hydrogen (secondary N) is 2. The molecule has 0 saturated carbocycles. The molecule has 1 unspecified atom stereocenters. The molecule has 1 aromatic carbocycles. The van der Waals surface area contributed by atoms with Gasteiger partial charge in [-0.3, -0.25) is 4.79 Å². The molecular formula is C16H22Cl2N2O. The third kappa shape index (κ3) is 4.12. The second-order valence-electron chi connectivity index (χ2n) is 5.64.